The van der Waals surface area contributed by atoms with Crippen LogP contribution >= 0.6 is 0 Å². The molecule has 0 unspecified atom stereocenters. The van der Waals surface area contributed by atoms with Gasteiger partial charge in [0.05, 0.1) is 6.54 Å². The molecule has 1 fully saturated rings. The van der Waals surface area contributed by atoms with Crippen molar-refractivity contribution in [3.63, 3.8) is 0 Å². The van der Waals surface area contributed by atoms with Gasteiger partial charge in [-0.25, -0.2) is 4.79 Å². The second-order valence-corrected chi connectivity index (χ2v) is 4.46. The van der Waals surface area contributed by atoms with Crippen LogP contribution in [0.1, 0.15) is 12.8 Å². The average molecular weight is 272 g/mol. The number of nitrogens with one attached hydrogen (secondary N) is 1. The van der Waals surface area contributed by atoms with Crippen molar-refractivity contribution in [2.75, 3.05) is 39.3 Å². The van der Waals surface area contributed by atoms with Crippen LogP contribution in [0.5, 0.6) is 0 Å². The van der Waals surface area contributed by atoms with Gasteiger partial charge in [0.1, 0.15) is 0 Å². The number of carbonyl (C=O) groups excluding carboxylic acids is 2. The average Bonchev–Trinajstić information content (AvgIpc) is 2.34. The topological polar surface area (TPSA) is 116 Å². The molecule has 0 aromatic rings. The molecule has 1 heterocycles. The van der Waals surface area contributed by atoms with Gasteiger partial charge in [-0.1, -0.05) is 0 Å². The molecule has 0 radical (unpaired) electrons. The van der Waals surface area contributed by atoms with Crippen LogP contribution in [0.3, 0.4) is 0 Å². The first kappa shape index (κ1) is 15.2. The number of rotatable bonds is 6. The summed E-state index contributed by atoms with van der Waals surface area (Å²) in [6, 6.07) is -0.181. The predicted molar refractivity (Wildman–Crippen MR) is 67.5 cm³/mol. The highest BCUT2D eigenvalue weighted by molar-refractivity contribution is 5.75. The molecule has 0 atom stereocenters. The fraction of sp³-hybridized carbons (Fsp3) is 0.727. The van der Waals surface area contributed by atoms with Crippen LogP contribution in [-0.2, 0) is 9.59 Å². The van der Waals surface area contributed by atoms with Crippen molar-refractivity contribution in [2.24, 2.45) is 5.73 Å². The fourth-order valence-electron chi connectivity index (χ4n) is 1.87. The zero-order valence-corrected chi connectivity index (χ0v) is 10.8. The van der Waals surface area contributed by atoms with Crippen LogP contribution in [0.2, 0.25) is 0 Å². The molecule has 3 amide bonds. The standard InChI is InChI=1S/C11H20N4O4/c12-9(16)2-1-3-13-11(19)15-6-4-14(5-7-15)8-10(17)18/h1-8H2,(H2,12,16)(H,13,19)(H,17,18). The Bertz CT molecular complexity index is 340. The largest absolute Gasteiger partial charge is 0.480 e. The third-order valence-corrected chi connectivity index (χ3v) is 2.89. The molecule has 0 saturated carbocycles. The Balaban J connectivity index is 2.18. The molecule has 0 spiro atoms. The number of carboxylic acid groups (broad SMARTS) is 1. The van der Waals surface area contributed by atoms with Crippen LogP contribution in [0, 0.1) is 0 Å². The van der Waals surface area contributed by atoms with Gasteiger partial charge in [-0.05, 0) is 6.42 Å². The van der Waals surface area contributed by atoms with Crippen molar-refractivity contribution in [3.05, 3.63) is 0 Å². The molecule has 0 aliphatic carbocycles. The quantitative estimate of drug-likeness (QED) is 0.518. The number of amides is 3. The van der Waals surface area contributed by atoms with Gasteiger partial charge in [0.25, 0.3) is 0 Å². The van der Waals surface area contributed by atoms with Crippen LogP contribution in [-0.4, -0.2) is 72.1 Å². The van der Waals surface area contributed by atoms with E-state index in [1.165, 1.54) is 0 Å². The summed E-state index contributed by atoms with van der Waals surface area (Å²) in [4.78, 5) is 36.2. The number of nitrogens with zero attached hydrogens (tertiary/aromatic N) is 2. The number of carbonyl (C=O) groups is 3. The molecular formula is C11H20N4O4. The Labute approximate surface area is 111 Å². The fourth-order valence-corrected chi connectivity index (χ4v) is 1.87. The Morgan fingerprint density at radius 3 is 2.32 bits per heavy atom. The summed E-state index contributed by atoms with van der Waals surface area (Å²) < 4.78 is 0. The Hall–Kier alpha value is -1.83. The van der Waals surface area contributed by atoms with E-state index in [9.17, 15) is 14.4 Å². The monoisotopic (exact) mass is 272 g/mol. The first-order valence-corrected chi connectivity index (χ1v) is 6.24. The van der Waals surface area contributed by atoms with Crippen molar-refractivity contribution < 1.29 is 19.5 Å². The van der Waals surface area contributed by atoms with E-state index in [1.54, 1.807) is 9.80 Å². The molecule has 19 heavy (non-hydrogen) atoms. The summed E-state index contributed by atoms with van der Waals surface area (Å²) in [5, 5.41) is 11.4. The van der Waals surface area contributed by atoms with E-state index in [4.69, 9.17) is 10.8 Å². The molecule has 1 aliphatic heterocycles. The highest BCUT2D eigenvalue weighted by Crippen LogP contribution is 2.01. The molecule has 0 aromatic carbocycles. The Morgan fingerprint density at radius 1 is 1.16 bits per heavy atom. The molecule has 1 aliphatic rings. The summed E-state index contributed by atoms with van der Waals surface area (Å²) in [6.45, 7) is 2.55. The number of carboxylic acids is 1. The Kier molecular flexibility index (Phi) is 6.07. The third kappa shape index (κ3) is 6.05. The molecular weight excluding hydrogens is 252 g/mol. The van der Waals surface area contributed by atoms with Crippen molar-refractivity contribution in [3.8, 4) is 0 Å². The van der Waals surface area contributed by atoms with Crippen LogP contribution in [0.25, 0.3) is 0 Å². The number of hydrogen-bond acceptors (Lipinski definition) is 4. The SMILES string of the molecule is NC(=O)CCCNC(=O)N1CCN(CC(=O)O)CC1. The van der Waals surface area contributed by atoms with E-state index in [0.717, 1.165) is 0 Å². The second kappa shape index (κ2) is 7.57. The molecule has 8 nitrogen and oxygen atoms in total. The summed E-state index contributed by atoms with van der Waals surface area (Å²) in [6.07, 6.45) is 0.784. The summed E-state index contributed by atoms with van der Waals surface area (Å²) in [7, 11) is 0. The van der Waals surface area contributed by atoms with Crippen LogP contribution < -0.4 is 11.1 Å². The lowest BCUT2D eigenvalue weighted by Crippen LogP contribution is -2.52. The third-order valence-electron chi connectivity index (χ3n) is 2.89. The van der Waals surface area contributed by atoms with Crippen LogP contribution in [0.15, 0.2) is 0 Å². The van der Waals surface area contributed by atoms with Crippen LogP contribution in [0.4, 0.5) is 4.79 Å². The lowest BCUT2D eigenvalue weighted by molar-refractivity contribution is -0.138. The number of aliphatic carboxylic acids is 1. The zero-order valence-electron chi connectivity index (χ0n) is 10.8. The first-order chi connectivity index (χ1) is 8.99. The number of nitrogens with two attached hydrogens (primary N) is 1. The van der Waals surface area contributed by atoms with E-state index in [1.807, 2.05) is 0 Å². The maximum Gasteiger partial charge on any atom is 0.317 e. The molecule has 4 N–H and O–H groups in total. The van der Waals surface area contributed by atoms with Crippen molar-refractivity contribution in [1.29, 1.82) is 0 Å². The Morgan fingerprint density at radius 2 is 1.79 bits per heavy atom. The first-order valence-electron chi connectivity index (χ1n) is 6.24. The minimum atomic E-state index is -0.857. The predicted octanol–water partition coefficient (Wildman–Crippen LogP) is -1.34. The van der Waals surface area contributed by atoms with Gasteiger partial charge >= 0.3 is 12.0 Å². The lowest BCUT2D eigenvalue weighted by atomic mass is 10.3. The number of primary amides is 1. The van der Waals surface area contributed by atoms with E-state index in [2.05, 4.69) is 5.32 Å². The molecule has 1 rings (SSSR count). The van der Waals surface area contributed by atoms with Gasteiger partial charge in [-0.15, -0.1) is 0 Å². The van der Waals surface area contributed by atoms with Crippen molar-refractivity contribution >= 4 is 17.9 Å². The smallest absolute Gasteiger partial charge is 0.317 e. The van der Waals surface area contributed by atoms with Crippen molar-refractivity contribution in [2.45, 2.75) is 12.8 Å². The minimum Gasteiger partial charge on any atom is -0.480 e. The molecule has 0 aromatic heterocycles. The number of piperazine rings is 1. The summed E-state index contributed by atoms with van der Waals surface area (Å²) in [5.41, 5.74) is 4.99. The summed E-state index contributed by atoms with van der Waals surface area (Å²) in [5.74, 6) is -1.24. The summed E-state index contributed by atoms with van der Waals surface area (Å²) >= 11 is 0. The van der Waals surface area contributed by atoms with E-state index >= 15 is 0 Å². The van der Waals surface area contributed by atoms with Gasteiger partial charge < -0.3 is 21.1 Å². The molecule has 1 saturated heterocycles. The minimum absolute atomic E-state index is 0.00801. The normalized spacial score (nSPS) is 16.1. The number of hydrogen-bond donors (Lipinski definition) is 3. The lowest BCUT2D eigenvalue weighted by Gasteiger charge is -2.33. The highest BCUT2D eigenvalue weighted by atomic mass is 16.4. The number of urea groups is 1. The maximum absolute atomic E-state index is 11.7. The molecule has 108 valence electrons. The van der Waals surface area contributed by atoms with E-state index in [0.29, 0.717) is 39.1 Å². The van der Waals surface area contributed by atoms with Gasteiger partial charge in [-0.2, -0.15) is 0 Å². The maximum atomic E-state index is 11.7. The van der Waals surface area contributed by atoms with Gasteiger partial charge in [0.15, 0.2) is 0 Å². The zero-order chi connectivity index (χ0) is 14.3. The molecule has 8 heteroatoms. The van der Waals surface area contributed by atoms with Gasteiger partial charge in [-0.3, -0.25) is 14.5 Å². The second-order valence-electron chi connectivity index (χ2n) is 4.46. The van der Waals surface area contributed by atoms with E-state index in [-0.39, 0.29) is 24.9 Å². The van der Waals surface area contributed by atoms with E-state index < -0.39 is 5.97 Å². The molecule has 0 bridgehead atoms. The van der Waals surface area contributed by atoms with Crippen molar-refractivity contribution in [1.82, 2.24) is 15.1 Å². The van der Waals surface area contributed by atoms with Gasteiger partial charge in [0.2, 0.25) is 5.91 Å². The van der Waals surface area contributed by atoms with Gasteiger partial charge in [0, 0.05) is 39.1 Å². The highest BCUT2D eigenvalue weighted by Gasteiger charge is 2.21.